The van der Waals surface area contributed by atoms with Crippen molar-refractivity contribution in [2.75, 3.05) is 0 Å². The zero-order valence-corrected chi connectivity index (χ0v) is 13.4. The summed E-state index contributed by atoms with van der Waals surface area (Å²) in [6.07, 6.45) is 0. The van der Waals surface area contributed by atoms with E-state index in [2.05, 4.69) is 87.5 Å². The molecule has 0 aromatic heterocycles. The molecular formula is C22H20. The first-order chi connectivity index (χ1) is 10.6. The Bertz CT molecular complexity index is 1000. The summed E-state index contributed by atoms with van der Waals surface area (Å²) in [5.41, 5.74) is 1.57. The van der Waals surface area contributed by atoms with Gasteiger partial charge in [0.1, 0.15) is 0 Å². The molecule has 0 fully saturated rings. The van der Waals surface area contributed by atoms with Crippen LogP contribution in [0, 0.1) is 0 Å². The van der Waals surface area contributed by atoms with Crippen LogP contribution < -0.4 is 0 Å². The maximum atomic E-state index is 2.29. The summed E-state index contributed by atoms with van der Waals surface area (Å²) in [5.74, 6) is 0. The molecule has 108 valence electrons. The van der Waals surface area contributed by atoms with Crippen molar-refractivity contribution in [2.24, 2.45) is 0 Å². The molecule has 22 heavy (non-hydrogen) atoms. The van der Waals surface area contributed by atoms with Crippen molar-refractivity contribution in [3.05, 3.63) is 72.3 Å². The van der Waals surface area contributed by atoms with Crippen molar-refractivity contribution < 1.29 is 0 Å². The first-order valence-corrected chi connectivity index (χ1v) is 7.89. The summed E-state index contributed by atoms with van der Waals surface area (Å²) >= 11 is 0. The van der Waals surface area contributed by atoms with Crippen LogP contribution in [0.5, 0.6) is 0 Å². The molecule has 0 heteroatoms. The van der Waals surface area contributed by atoms with Gasteiger partial charge in [0.15, 0.2) is 0 Å². The minimum atomic E-state index is 0.151. The first kappa shape index (κ1) is 13.3. The van der Waals surface area contributed by atoms with E-state index in [9.17, 15) is 0 Å². The quantitative estimate of drug-likeness (QED) is 0.326. The van der Waals surface area contributed by atoms with Crippen LogP contribution in [0.3, 0.4) is 0 Å². The summed E-state index contributed by atoms with van der Waals surface area (Å²) in [4.78, 5) is 0. The van der Waals surface area contributed by atoms with Gasteiger partial charge in [-0.15, -0.1) is 0 Å². The van der Waals surface area contributed by atoms with Gasteiger partial charge in [0.25, 0.3) is 0 Å². The zero-order chi connectivity index (χ0) is 15.3. The molecule has 4 aromatic rings. The van der Waals surface area contributed by atoms with Crippen LogP contribution in [-0.4, -0.2) is 0 Å². The van der Waals surface area contributed by atoms with Gasteiger partial charge in [0, 0.05) is 0 Å². The highest BCUT2D eigenvalue weighted by Crippen LogP contribution is 2.36. The molecule has 0 aliphatic carbocycles. The third-order valence-corrected chi connectivity index (χ3v) is 4.57. The Balaban J connectivity index is 2.26. The van der Waals surface area contributed by atoms with Gasteiger partial charge in [-0.05, 0) is 43.3 Å². The fraction of sp³-hybridized carbons (Fsp3) is 0.182. The van der Waals surface area contributed by atoms with Gasteiger partial charge in [0.2, 0.25) is 0 Å². The van der Waals surface area contributed by atoms with E-state index < -0.39 is 0 Å². The molecule has 0 unspecified atom stereocenters. The van der Waals surface area contributed by atoms with Gasteiger partial charge in [-0.25, -0.2) is 0 Å². The zero-order valence-electron chi connectivity index (χ0n) is 13.4. The predicted molar refractivity (Wildman–Crippen MR) is 97.7 cm³/mol. The largest absolute Gasteiger partial charge is 0.0616 e. The molecule has 0 amide bonds. The molecule has 0 aliphatic heterocycles. The fourth-order valence-electron chi connectivity index (χ4n) is 3.52. The van der Waals surface area contributed by atoms with Gasteiger partial charge >= 0.3 is 0 Å². The summed E-state index contributed by atoms with van der Waals surface area (Å²) in [7, 11) is 0. The number of hydrogen-bond donors (Lipinski definition) is 0. The molecule has 0 saturated carbocycles. The molecule has 0 N–H and O–H groups in total. The lowest BCUT2D eigenvalue weighted by Gasteiger charge is -2.22. The molecule has 0 aliphatic rings. The second-order valence-corrected chi connectivity index (χ2v) is 7.10. The Labute approximate surface area is 131 Å². The Hall–Kier alpha value is -2.34. The Kier molecular flexibility index (Phi) is 2.77. The highest BCUT2D eigenvalue weighted by molar-refractivity contribution is 6.20. The summed E-state index contributed by atoms with van der Waals surface area (Å²) in [6.45, 7) is 6.86. The van der Waals surface area contributed by atoms with Crippen molar-refractivity contribution in [2.45, 2.75) is 26.2 Å². The van der Waals surface area contributed by atoms with Crippen molar-refractivity contribution >= 4 is 32.3 Å². The lowest BCUT2D eigenvalue weighted by molar-refractivity contribution is 0.596. The molecule has 0 nitrogen and oxygen atoms in total. The average molecular weight is 284 g/mol. The summed E-state index contributed by atoms with van der Waals surface area (Å²) in [6, 6.07) is 24.4. The lowest BCUT2D eigenvalue weighted by Crippen LogP contribution is -2.11. The monoisotopic (exact) mass is 284 g/mol. The van der Waals surface area contributed by atoms with Gasteiger partial charge in [-0.3, -0.25) is 0 Å². The van der Waals surface area contributed by atoms with E-state index >= 15 is 0 Å². The fourth-order valence-corrected chi connectivity index (χ4v) is 3.52. The Morgan fingerprint density at radius 1 is 0.545 bits per heavy atom. The molecule has 4 aromatic carbocycles. The molecule has 0 saturated heterocycles. The van der Waals surface area contributed by atoms with Crippen LogP contribution in [0.2, 0.25) is 0 Å². The lowest BCUT2D eigenvalue weighted by atomic mass is 9.82. The Morgan fingerprint density at radius 3 is 2.05 bits per heavy atom. The second-order valence-electron chi connectivity index (χ2n) is 7.10. The van der Waals surface area contributed by atoms with Crippen LogP contribution >= 0.6 is 0 Å². The van der Waals surface area contributed by atoms with E-state index in [1.807, 2.05) is 0 Å². The molecule has 0 heterocycles. The van der Waals surface area contributed by atoms with Crippen molar-refractivity contribution in [1.29, 1.82) is 0 Å². The maximum Gasteiger partial charge on any atom is -0.00267 e. The molecule has 0 radical (unpaired) electrons. The normalized spacial score (nSPS) is 12.3. The standard InChI is InChI=1S/C22H20/c1-22(2,3)20-10-6-9-19-18(20)14-13-16-12-11-15-7-4-5-8-17(15)21(16)19/h4-14H,1-3H3. The third-order valence-electron chi connectivity index (χ3n) is 4.57. The Morgan fingerprint density at radius 2 is 1.23 bits per heavy atom. The van der Waals surface area contributed by atoms with E-state index in [0.717, 1.165) is 0 Å². The van der Waals surface area contributed by atoms with Crippen LogP contribution in [-0.2, 0) is 5.41 Å². The highest BCUT2D eigenvalue weighted by Gasteiger charge is 2.17. The molecule has 0 bridgehead atoms. The van der Waals surface area contributed by atoms with Crippen LogP contribution in [0.1, 0.15) is 26.3 Å². The van der Waals surface area contributed by atoms with E-state index in [4.69, 9.17) is 0 Å². The van der Waals surface area contributed by atoms with Gasteiger partial charge < -0.3 is 0 Å². The minimum absolute atomic E-state index is 0.151. The predicted octanol–water partition coefficient (Wildman–Crippen LogP) is 6.44. The van der Waals surface area contributed by atoms with Gasteiger partial charge in [0.05, 0.1) is 0 Å². The number of benzene rings is 4. The van der Waals surface area contributed by atoms with E-state index in [0.29, 0.717) is 0 Å². The highest BCUT2D eigenvalue weighted by atomic mass is 14.2. The van der Waals surface area contributed by atoms with Crippen molar-refractivity contribution in [1.82, 2.24) is 0 Å². The number of hydrogen-bond acceptors (Lipinski definition) is 0. The molecular weight excluding hydrogens is 264 g/mol. The van der Waals surface area contributed by atoms with E-state index in [-0.39, 0.29) is 5.41 Å². The summed E-state index contributed by atoms with van der Waals surface area (Å²) in [5, 5.41) is 8.08. The van der Waals surface area contributed by atoms with Crippen LogP contribution in [0.15, 0.2) is 66.7 Å². The molecule has 0 spiro atoms. The van der Waals surface area contributed by atoms with E-state index in [1.54, 1.807) is 0 Å². The van der Waals surface area contributed by atoms with Crippen molar-refractivity contribution in [3.63, 3.8) is 0 Å². The van der Waals surface area contributed by atoms with E-state index in [1.165, 1.54) is 37.9 Å². The molecule has 4 rings (SSSR count). The third kappa shape index (κ3) is 1.91. The van der Waals surface area contributed by atoms with Gasteiger partial charge in [-0.2, -0.15) is 0 Å². The van der Waals surface area contributed by atoms with Crippen LogP contribution in [0.25, 0.3) is 32.3 Å². The average Bonchev–Trinajstić information content (AvgIpc) is 2.52. The number of fused-ring (bicyclic) bond motifs is 5. The topological polar surface area (TPSA) is 0 Å². The van der Waals surface area contributed by atoms with Crippen molar-refractivity contribution in [3.8, 4) is 0 Å². The van der Waals surface area contributed by atoms with Crippen LogP contribution in [0.4, 0.5) is 0 Å². The first-order valence-electron chi connectivity index (χ1n) is 7.89. The smallest absolute Gasteiger partial charge is 0.00267 e. The second kappa shape index (κ2) is 4.58. The minimum Gasteiger partial charge on any atom is -0.0616 e. The van der Waals surface area contributed by atoms with Gasteiger partial charge in [-0.1, -0.05) is 87.5 Å². The summed E-state index contributed by atoms with van der Waals surface area (Å²) < 4.78 is 0. The SMILES string of the molecule is CC(C)(C)c1cccc2c1ccc1ccc3ccccc3c12. The maximum absolute atomic E-state index is 2.29. The molecule has 0 atom stereocenters. The number of rotatable bonds is 0.